The maximum Gasteiger partial charge on any atom is 0.261 e. The molecule has 0 unspecified atom stereocenters. The number of hydrogen-bond donors (Lipinski definition) is 2. The zero-order chi connectivity index (χ0) is 18.4. The van der Waals surface area contributed by atoms with Crippen molar-refractivity contribution in [1.82, 2.24) is 5.32 Å². The molecule has 134 valence electrons. The lowest BCUT2D eigenvalue weighted by Crippen LogP contribution is -2.25. The van der Waals surface area contributed by atoms with Gasteiger partial charge in [-0.15, -0.1) is 0 Å². The Labute approximate surface area is 147 Å². The van der Waals surface area contributed by atoms with Crippen LogP contribution in [0.2, 0.25) is 0 Å². The van der Waals surface area contributed by atoms with E-state index < -0.39 is 15.8 Å². The smallest absolute Gasteiger partial charge is 0.261 e. The van der Waals surface area contributed by atoms with Crippen LogP contribution in [0.1, 0.15) is 30.6 Å². The molecule has 0 atom stereocenters. The summed E-state index contributed by atoms with van der Waals surface area (Å²) < 4.78 is 40.1. The molecular formula is C18H21FN2O3S. The maximum atomic E-state index is 12.9. The molecule has 2 aromatic carbocycles. The normalized spacial score (nSPS) is 11.4. The van der Waals surface area contributed by atoms with Crippen molar-refractivity contribution >= 4 is 21.6 Å². The molecule has 0 bridgehead atoms. The highest BCUT2D eigenvalue weighted by molar-refractivity contribution is 7.92. The first-order chi connectivity index (χ1) is 11.8. The third-order valence-corrected chi connectivity index (χ3v) is 4.89. The van der Waals surface area contributed by atoms with Gasteiger partial charge in [0.05, 0.1) is 4.90 Å². The molecule has 1 amide bonds. The van der Waals surface area contributed by atoms with E-state index in [1.807, 2.05) is 0 Å². The zero-order valence-electron chi connectivity index (χ0n) is 14.1. The van der Waals surface area contributed by atoms with Crippen LogP contribution in [0, 0.1) is 11.7 Å². The van der Waals surface area contributed by atoms with Gasteiger partial charge >= 0.3 is 0 Å². The number of carbonyl (C=O) groups excluding carboxylic acids is 1. The minimum atomic E-state index is -3.87. The minimum Gasteiger partial charge on any atom is -0.352 e. The molecule has 0 saturated heterocycles. The van der Waals surface area contributed by atoms with Crippen molar-refractivity contribution in [3.63, 3.8) is 0 Å². The van der Waals surface area contributed by atoms with Crippen LogP contribution in [0.4, 0.5) is 10.1 Å². The van der Waals surface area contributed by atoms with Crippen LogP contribution in [0.15, 0.2) is 53.4 Å². The molecule has 0 aliphatic carbocycles. The van der Waals surface area contributed by atoms with Crippen molar-refractivity contribution in [2.45, 2.75) is 25.2 Å². The Morgan fingerprint density at radius 3 is 2.44 bits per heavy atom. The summed E-state index contributed by atoms with van der Waals surface area (Å²) in [7, 11) is -3.87. The molecular weight excluding hydrogens is 343 g/mol. The van der Waals surface area contributed by atoms with Crippen LogP contribution in [-0.4, -0.2) is 20.9 Å². The van der Waals surface area contributed by atoms with Gasteiger partial charge in [0, 0.05) is 17.8 Å². The number of sulfonamides is 1. The van der Waals surface area contributed by atoms with E-state index in [0.29, 0.717) is 12.5 Å². The Bertz CT molecular complexity index is 834. The van der Waals surface area contributed by atoms with Gasteiger partial charge in [-0.2, -0.15) is 0 Å². The standard InChI is InChI=1S/C18H21FN2O3S/c1-13(2)10-11-20-18(22)14-4-3-5-17(12-14)25(23,24)21-16-8-6-15(19)7-9-16/h3-9,12-13,21H,10-11H2,1-2H3,(H,20,22). The lowest BCUT2D eigenvalue weighted by Gasteiger charge is -2.10. The number of anilines is 1. The van der Waals surface area contributed by atoms with Crippen LogP contribution < -0.4 is 10.0 Å². The molecule has 2 N–H and O–H groups in total. The van der Waals surface area contributed by atoms with Gasteiger partial charge in [-0.3, -0.25) is 9.52 Å². The second-order valence-electron chi connectivity index (χ2n) is 6.08. The molecule has 0 aromatic heterocycles. The summed E-state index contributed by atoms with van der Waals surface area (Å²) in [6.07, 6.45) is 0.843. The van der Waals surface area contributed by atoms with Gasteiger partial charge in [-0.25, -0.2) is 12.8 Å². The average Bonchev–Trinajstić information content (AvgIpc) is 2.56. The largest absolute Gasteiger partial charge is 0.352 e. The molecule has 0 aliphatic heterocycles. The quantitative estimate of drug-likeness (QED) is 0.791. The third kappa shape index (κ3) is 5.56. The highest BCUT2D eigenvalue weighted by atomic mass is 32.2. The van der Waals surface area contributed by atoms with Crippen LogP contribution in [0.3, 0.4) is 0 Å². The van der Waals surface area contributed by atoms with Crippen molar-refractivity contribution in [1.29, 1.82) is 0 Å². The molecule has 2 aromatic rings. The van der Waals surface area contributed by atoms with Gasteiger partial charge in [0.2, 0.25) is 0 Å². The number of benzene rings is 2. The average molecular weight is 364 g/mol. The van der Waals surface area contributed by atoms with E-state index in [1.54, 1.807) is 6.07 Å². The lowest BCUT2D eigenvalue weighted by atomic mass is 10.1. The number of amides is 1. The molecule has 0 spiro atoms. The Morgan fingerprint density at radius 1 is 1.12 bits per heavy atom. The van der Waals surface area contributed by atoms with Crippen molar-refractivity contribution < 1.29 is 17.6 Å². The third-order valence-electron chi connectivity index (χ3n) is 3.51. The predicted octanol–water partition coefficient (Wildman–Crippen LogP) is 3.40. The second kappa shape index (κ2) is 8.11. The maximum absolute atomic E-state index is 12.9. The van der Waals surface area contributed by atoms with Crippen LogP contribution in [-0.2, 0) is 10.0 Å². The summed E-state index contributed by atoms with van der Waals surface area (Å²) in [5.41, 5.74) is 0.513. The topological polar surface area (TPSA) is 75.3 Å². The van der Waals surface area contributed by atoms with Gasteiger partial charge in [0.15, 0.2) is 0 Å². The van der Waals surface area contributed by atoms with Crippen molar-refractivity contribution in [3.05, 3.63) is 59.9 Å². The van der Waals surface area contributed by atoms with Crippen molar-refractivity contribution in [3.8, 4) is 0 Å². The van der Waals surface area contributed by atoms with Gasteiger partial charge in [-0.05, 0) is 54.8 Å². The number of carbonyl (C=O) groups is 1. The summed E-state index contributed by atoms with van der Waals surface area (Å²) in [4.78, 5) is 12.1. The molecule has 0 heterocycles. The molecule has 25 heavy (non-hydrogen) atoms. The Hall–Kier alpha value is -2.41. The Kier molecular flexibility index (Phi) is 6.14. The van der Waals surface area contributed by atoms with Crippen LogP contribution >= 0.6 is 0 Å². The van der Waals surface area contributed by atoms with E-state index in [-0.39, 0.29) is 22.1 Å². The van der Waals surface area contributed by atoms with E-state index in [9.17, 15) is 17.6 Å². The summed E-state index contributed by atoms with van der Waals surface area (Å²) >= 11 is 0. The fraction of sp³-hybridized carbons (Fsp3) is 0.278. The number of halogens is 1. The number of rotatable bonds is 7. The van der Waals surface area contributed by atoms with E-state index in [1.165, 1.54) is 30.3 Å². The molecule has 0 aliphatic rings. The van der Waals surface area contributed by atoms with Crippen molar-refractivity contribution in [2.24, 2.45) is 5.92 Å². The summed E-state index contributed by atoms with van der Waals surface area (Å²) in [5.74, 6) is -0.311. The molecule has 7 heteroatoms. The molecule has 2 rings (SSSR count). The summed E-state index contributed by atoms with van der Waals surface area (Å²) in [6.45, 7) is 4.64. The van der Waals surface area contributed by atoms with Gasteiger partial charge in [0.25, 0.3) is 15.9 Å². The Balaban J connectivity index is 2.13. The fourth-order valence-corrected chi connectivity index (χ4v) is 3.22. The predicted molar refractivity (Wildman–Crippen MR) is 95.4 cm³/mol. The molecule has 0 fully saturated rings. The zero-order valence-corrected chi connectivity index (χ0v) is 14.9. The van der Waals surface area contributed by atoms with Gasteiger partial charge in [0.1, 0.15) is 5.82 Å². The van der Waals surface area contributed by atoms with Crippen molar-refractivity contribution in [2.75, 3.05) is 11.3 Å². The molecule has 0 radical (unpaired) electrons. The monoisotopic (exact) mass is 364 g/mol. The Morgan fingerprint density at radius 2 is 1.80 bits per heavy atom. The van der Waals surface area contributed by atoms with Gasteiger partial charge < -0.3 is 5.32 Å². The van der Waals surface area contributed by atoms with Crippen LogP contribution in [0.25, 0.3) is 0 Å². The molecule has 5 nitrogen and oxygen atoms in total. The van der Waals surface area contributed by atoms with Gasteiger partial charge in [-0.1, -0.05) is 19.9 Å². The highest BCUT2D eigenvalue weighted by Crippen LogP contribution is 2.17. The number of nitrogens with one attached hydrogen (secondary N) is 2. The van der Waals surface area contributed by atoms with E-state index in [0.717, 1.165) is 18.6 Å². The van der Waals surface area contributed by atoms with E-state index in [4.69, 9.17) is 0 Å². The second-order valence-corrected chi connectivity index (χ2v) is 7.76. The highest BCUT2D eigenvalue weighted by Gasteiger charge is 2.16. The summed E-state index contributed by atoms with van der Waals surface area (Å²) in [6, 6.07) is 10.8. The first kappa shape index (κ1) is 18.9. The van der Waals surface area contributed by atoms with Crippen LogP contribution in [0.5, 0.6) is 0 Å². The first-order valence-electron chi connectivity index (χ1n) is 7.94. The first-order valence-corrected chi connectivity index (χ1v) is 9.43. The minimum absolute atomic E-state index is 0.0339. The van der Waals surface area contributed by atoms with E-state index in [2.05, 4.69) is 23.9 Å². The molecule has 0 saturated carbocycles. The fourth-order valence-electron chi connectivity index (χ4n) is 2.11. The summed E-state index contributed by atoms with van der Waals surface area (Å²) in [5, 5.41) is 2.77. The lowest BCUT2D eigenvalue weighted by molar-refractivity contribution is 0.0952. The van der Waals surface area contributed by atoms with E-state index >= 15 is 0 Å². The SMILES string of the molecule is CC(C)CCNC(=O)c1cccc(S(=O)(=O)Nc2ccc(F)cc2)c1. The number of hydrogen-bond acceptors (Lipinski definition) is 3.